The van der Waals surface area contributed by atoms with E-state index >= 15 is 0 Å². The summed E-state index contributed by atoms with van der Waals surface area (Å²) in [5, 5.41) is 3.40. The van der Waals surface area contributed by atoms with Crippen LogP contribution in [-0.2, 0) is 4.74 Å². The van der Waals surface area contributed by atoms with Crippen molar-refractivity contribution in [1.82, 2.24) is 4.57 Å². The second-order valence-corrected chi connectivity index (χ2v) is 3.83. The van der Waals surface area contributed by atoms with Crippen LogP contribution >= 0.6 is 0 Å². The minimum Gasteiger partial charge on any atom is -0.491 e. The third kappa shape index (κ3) is 2.55. The summed E-state index contributed by atoms with van der Waals surface area (Å²) in [5.41, 5.74) is 5.88. The van der Waals surface area contributed by atoms with Gasteiger partial charge >= 0.3 is 6.03 Å². The first-order valence-corrected chi connectivity index (χ1v) is 5.57. The van der Waals surface area contributed by atoms with Crippen molar-refractivity contribution in [3.63, 3.8) is 0 Å². The van der Waals surface area contributed by atoms with Crippen LogP contribution in [0.2, 0.25) is 0 Å². The number of amides is 1. The largest absolute Gasteiger partial charge is 0.491 e. The second-order valence-electron chi connectivity index (χ2n) is 3.83. The summed E-state index contributed by atoms with van der Waals surface area (Å²) in [6.07, 6.45) is 1.30. The lowest BCUT2D eigenvalue weighted by molar-refractivity contribution is 0.146. The summed E-state index contributed by atoms with van der Waals surface area (Å²) in [5.74, 6) is 0.566. The molecule has 0 aliphatic carbocycles. The number of hydrogen-bond donors (Lipinski definition) is 1. The number of methoxy groups -OCH3 is 1. The lowest BCUT2D eigenvalue weighted by Crippen LogP contribution is -2.18. The topological polar surface area (TPSA) is 95.9 Å². The first kappa shape index (κ1) is 13.0. The zero-order chi connectivity index (χ0) is 13.8. The maximum Gasteiger partial charge on any atom is 0.323 e. The number of nitroso groups, excluding NO2 is 1. The predicted molar refractivity (Wildman–Crippen MR) is 69.7 cm³/mol. The standard InChI is InChI=1S/C12H13N3O4/c1-18-4-5-19-8-2-3-11-9(6-8)10(14-17)7-15(11)12(13)16/h2-3,6-7H,4-5H2,1H3,(H2,13,16). The van der Waals surface area contributed by atoms with Gasteiger partial charge in [-0.15, -0.1) is 4.91 Å². The fraction of sp³-hybridized carbons (Fsp3) is 0.250. The summed E-state index contributed by atoms with van der Waals surface area (Å²) < 4.78 is 11.5. The minimum atomic E-state index is -0.673. The van der Waals surface area contributed by atoms with Crippen LogP contribution in [-0.4, -0.2) is 30.9 Å². The number of carbonyl (C=O) groups excluding carboxylic acids is 1. The van der Waals surface area contributed by atoms with E-state index in [1.807, 2.05) is 0 Å². The van der Waals surface area contributed by atoms with Crippen molar-refractivity contribution < 1.29 is 14.3 Å². The highest BCUT2D eigenvalue weighted by molar-refractivity contribution is 5.98. The highest BCUT2D eigenvalue weighted by Crippen LogP contribution is 2.31. The molecule has 7 nitrogen and oxygen atoms in total. The second kappa shape index (κ2) is 5.49. The first-order chi connectivity index (χ1) is 9.17. The molecule has 1 aromatic carbocycles. The van der Waals surface area contributed by atoms with E-state index in [-0.39, 0.29) is 5.69 Å². The SMILES string of the molecule is COCCOc1ccc2c(c1)c(N=O)cn2C(N)=O. The van der Waals surface area contributed by atoms with Crippen LogP contribution in [0.25, 0.3) is 10.9 Å². The van der Waals surface area contributed by atoms with Gasteiger partial charge in [0.1, 0.15) is 18.0 Å². The molecule has 2 N–H and O–H groups in total. The maximum absolute atomic E-state index is 11.2. The lowest BCUT2D eigenvalue weighted by Gasteiger charge is -2.06. The van der Waals surface area contributed by atoms with Gasteiger partial charge in [0.25, 0.3) is 0 Å². The Morgan fingerprint density at radius 3 is 2.84 bits per heavy atom. The molecular formula is C12H13N3O4. The fourth-order valence-corrected chi connectivity index (χ4v) is 1.78. The molecule has 0 aliphatic rings. The number of nitrogens with zero attached hydrogens (tertiary/aromatic N) is 2. The van der Waals surface area contributed by atoms with Gasteiger partial charge in [0, 0.05) is 18.7 Å². The average Bonchev–Trinajstić information content (AvgIpc) is 2.77. The summed E-state index contributed by atoms with van der Waals surface area (Å²) >= 11 is 0. The number of aromatic nitrogens is 1. The molecule has 2 rings (SSSR count). The van der Waals surface area contributed by atoms with E-state index in [1.165, 1.54) is 10.8 Å². The van der Waals surface area contributed by atoms with E-state index in [2.05, 4.69) is 5.18 Å². The number of fused-ring (bicyclic) bond motifs is 1. The molecule has 2 aromatic rings. The van der Waals surface area contributed by atoms with Gasteiger partial charge in [-0.1, -0.05) is 0 Å². The molecular weight excluding hydrogens is 250 g/mol. The van der Waals surface area contributed by atoms with Crippen LogP contribution in [0.5, 0.6) is 5.75 Å². The molecule has 0 atom stereocenters. The van der Waals surface area contributed by atoms with Crippen molar-refractivity contribution in [3.05, 3.63) is 29.3 Å². The number of hydrogen-bond acceptors (Lipinski definition) is 5. The summed E-state index contributed by atoms with van der Waals surface area (Å²) in [6, 6.07) is 4.30. The van der Waals surface area contributed by atoms with E-state index in [4.69, 9.17) is 15.2 Å². The van der Waals surface area contributed by atoms with Gasteiger partial charge in [-0.25, -0.2) is 4.79 Å². The number of ether oxygens (including phenoxy) is 2. The van der Waals surface area contributed by atoms with Gasteiger partial charge in [0.05, 0.1) is 12.1 Å². The molecule has 0 fully saturated rings. The molecule has 19 heavy (non-hydrogen) atoms. The van der Waals surface area contributed by atoms with Crippen LogP contribution in [0.4, 0.5) is 10.5 Å². The molecule has 0 radical (unpaired) electrons. The Labute approximate surface area is 108 Å². The van der Waals surface area contributed by atoms with Crippen molar-refractivity contribution in [2.75, 3.05) is 20.3 Å². The quantitative estimate of drug-likeness (QED) is 0.659. The Morgan fingerprint density at radius 2 is 2.21 bits per heavy atom. The van der Waals surface area contributed by atoms with Crippen LogP contribution in [0, 0.1) is 4.91 Å². The smallest absolute Gasteiger partial charge is 0.323 e. The molecule has 0 aliphatic heterocycles. The molecule has 7 heteroatoms. The van der Waals surface area contributed by atoms with Crippen molar-refractivity contribution in [2.45, 2.75) is 0 Å². The van der Waals surface area contributed by atoms with Crippen LogP contribution < -0.4 is 10.5 Å². The van der Waals surface area contributed by atoms with E-state index < -0.39 is 6.03 Å². The molecule has 0 saturated carbocycles. The number of primary amides is 1. The zero-order valence-electron chi connectivity index (χ0n) is 10.3. The minimum absolute atomic E-state index is 0.144. The molecule has 1 aromatic heterocycles. The summed E-state index contributed by atoms with van der Waals surface area (Å²) in [4.78, 5) is 22.0. The van der Waals surface area contributed by atoms with E-state index in [0.717, 1.165) is 0 Å². The Bertz CT molecular complexity index is 621. The molecule has 0 unspecified atom stereocenters. The third-order valence-electron chi connectivity index (χ3n) is 2.65. The number of benzene rings is 1. The highest BCUT2D eigenvalue weighted by atomic mass is 16.5. The van der Waals surface area contributed by atoms with Gasteiger partial charge in [0.2, 0.25) is 0 Å². The molecule has 1 amide bonds. The third-order valence-corrected chi connectivity index (χ3v) is 2.65. The molecule has 0 saturated heterocycles. The lowest BCUT2D eigenvalue weighted by atomic mass is 10.2. The number of carbonyl (C=O) groups is 1. The number of nitrogens with two attached hydrogens (primary N) is 1. The Morgan fingerprint density at radius 1 is 1.42 bits per heavy atom. The average molecular weight is 263 g/mol. The van der Waals surface area contributed by atoms with Crippen molar-refractivity contribution in [2.24, 2.45) is 10.9 Å². The van der Waals surface area contributed by atoms with Crippen LogP contribution in [0.1, 0.15) is 0 Å². The summed E-state index contributed by atoms with van der Waals surface area (Å²) in [6.45, 7) is 0.849. The zero-order valence-corrected chi connectivity index (χ0v) is 10.3. The fourth-order valence-electron chi connectivity index (χ4n) is 1.78. The van der Waals surface area contributed by atoms with Gasteiger partial charge < -0.3 is 15.2 Å². The summed E-state index contributed by atoms with van der Waals surface area (Å²) in [7, 11) is 1.58. The van der Waals surface area contributed by atoms with Crippen molar-refractivity contribution >= 4 is 22.6 Å². The van der Waals surface area contributed by atoms with Gasteiger partial charge in [0.15, 0.2) is 0 Å². The highest BCUT2D eigenvalue weighted by Gasteiger charge is 2.13. The van der Waals surface area contributed by atoms with Crippen LogP contribution in [0.3, 0.4) is 0 Å². The van der Waals surface area contributed by atoms with E-state index in [1.54, 1.807) is 25.3 Å². The Kier molecular flexibility index (Phi) is 3.76. The molecule has 1 heterocycles. The maximum atomic E-state index is 11.2. The molecule has 0 spiro atoms. The van der Waals surface area contributed by atoms with Crippen molar-refractivity contribution in [1.29, 1.82) is 0 Å². The van der Waals surface area contributed by atoms with Gasteiger partial charge in [-0.2, -0.15) is 0 Å². The van der Waals surface area contributed by atoms with E-state index in [9.17, 15) is 9.70 Å². The van der Waals surface area contributed by atoms with Crippen molar-refractivity contribution in [3.8, 4) is 5.75 Å². The monoisotopic (exact) mass is 263 g/mol. The number of rotatable bonds is 5. The van der Waals surface area contributed by atoms with Gasteiger partial charge in [-0.05, 0) is 23.4 Å². The van der Waals surface area contributed by atoms with E-state index in [0.29, 0.717) is 29.9 Å². The Hall–Kier alpha value is -2.41. The normalized spacial score (nSPS) is 10.6. The molecule has 0 bridgehead atoms. The van der Waals surface area contributed by atoms with Crippen LogP contribution in [0.15, 0.2) is 29.6 Å². The first-order valence-electron chi connectivity index (χ1n) is 5.57. The van der Waals surface area contributed by atoms with Gasteiger partial charge in [-0.3, -0.25) is 4.57 Å². The Balaban J connectivity index is 2.41. The predicted octanol–water partition coefficient (Wildman–Crippen LogP) is 1.99. The molecule has 100 valence electrons.